The first-order valence-electron chi connectivity index (χ1n) is 4.72. The van der Waals surface area contributed by atoms with Gasteiger partial charge in [-0.1, -0.05) is 13.8 Å². The Hall–Kier alpha value is -1.06. The highest BCUT2D eigenvalue weighted by molar-refractivity contribution is 5.75. The maximum atomic E-state index is 11.2. The van der Waals surface area contributed by atoms with Crippen molar-refractivity contribution in [1.82, 2.24) is 0 Å². The van der Waals surface area contributed by atoms with Crippen LogP contribution in [0.2, 0.25) is 0 Å². The molecule has 0 N–H and O–H groups in total. The molecule has 0 aromatic carbocycles. The predicted octanol–water partition coefficient (Wildman–Crippen LogP) is 1.38. The summed E-state index contributed by atoms with van der Waals surface area (Å²) in [5.41, 5.74) is 0. The van der Waals surface area contributed by atoms with Crippen molar-refractivity contribution in [3.05, 3.63) is 0 Å². The van der Waals surface area contributed by atoms with Crippen LogP contribution in [0.3, 0.4) is 0 Å². The van der Waals surface area contributed by atoms with E-state index in [0.717, 1.165) is 0 Å². The summed E-state index contributed by atoms with van der Waals surface area (Å²) >= 11 is 0. The molecule has 0 aromatic rings. The molecule has 0 spiro atoms. The van der Waals surface area contributed by atoms with Crippen molar-refractivity contribution in [2.75, 3.05) is 14.2 Å². The van der Waals surface area contributed by atoms with Gasteiger partial charge in [0, 0.05) is 0 Å². The van der Waals surface area contributed by atoms with Gasteiger partial charge in [0.25, 0.3) is 0 Å². The third-order valence-corrected chi connectivity index (χ3v) is 2.27. The first kappa shape index (κ1) is 12.9. The first-order chi connectivity index (χ1) is 6.56. The number of esters is 2. The number of ether oxygens (including phenoxy) is 2. The van der Waals surface area contributed by atoms with Crippen LogP contribution < -0.4 is 0 Å². The van der Waals surface area contributed by atoms with Gasteiger partial charge in [-0.3, -0.25) is 9.59 Å². The van der Waals surface area contributed by atoms with Crippen LogP contribution in [-0.2, 0) is 19.1 Å². The Morgan fingerprint density at radius 1 is 1.14 bits per heavy atom. The van der Waals surface area contributed by atoms with Gasteiger partial charge >= 0.3 is 11.9 Å². The van der Waals surface area contributed by atoms with Crippen LogP contribution in [0.5, 0.6) is 0 Å². The zero-order valence-corrected chi connectivity index (χ0v) is 9.20. The Morgan fingerprint density at radius 3 is 2.00 bits per heavy atom. The lowest BCUT2D eigenvalue weighted by atomic mass is 9.94. The van der Waals surface area contributed by atoms with Gasteiger partial charge in [0.2, 0.25) is 0 Å². The molecule has 0 aliphatic rings. The second-order valence-electron chi connectivity index (χ2n) is 3.29. The fourth-order valence-electron chi connectivity index (χ4n) is 1.32. The maximum absolute atomic E-state index is 11.2. The van der Waals surface area contributed by atoms with E-state index in [1.807, 2.05) is 6.92 Å². The van der Waals surface area contributed by atoms with E-state index in [0.29, 0.717) is 12.8 Å². The van der Waals surface area contributed by atoms with Crippen molar-refractivity contribution in [3.63, 3.8) is 0 Å². The van der Waals surface area contributed by atoms with Gasteiger partial charge in [-0.15, -0.1) is 0 Å². The molecular weight excluding hydrogens is 184 g/mol. The molecule has 0 aromatic heterocycles. The minimum Gasteiger partial charge on any atom is -0.469 e. The Bertz CT molecular complexity index is 200. The number of methoxy groups -OCH3 is 2. The lowest BCUT2D eigenvalue weighted by Crippen LogP contribution is -2.22. The van der Waals surface area contributed by atoms with Crippen molar-refractivity contribution in [2.45, 2.75) is 26.7 Å². The molecule has 0 unspecified atom stereocenters. The van der Waals surface area contributed by atoms with Gasteiger partial charge in [-0.05, 0) is 12.8 Å². The zero-order chi connectivity index (χ0) is 11.1. The number of hydrogen-bond donors (Lipinski definition) is 0. The highest BCUT2D eigenvalue weighted by Gasteiger charge is 2.23. The SMILES string of the molecule is CC[C@H](C[C@H](C)C(=O)OC)C(=O)OC. The van der Waals surface area contributed by atoms with E-state index in [1.165, 1.54) is 14.2 Å². The second kappa shape index (κ2) is 6.40. The normalized spacial score (nSPS) is 14.3. The first-order valence-corrected chi connectivity index (χ1v) is 4.72. The third kappa shape index (κ3) is 3.77. The smallest absolute Gasteiger partial charge is 0.308 e. The summed E-state index contributed by atoms with van der Waals surface area (Å²) in [6, 6.07) is 0. The van der Waals surface area contributed by atoms with Gasteiger partial charge < -0.3 is 9.47 Å². The molecule has 14 heavy (non-hydrogen) atoms. The molecule has 0 aliphatic heterocycles. The molecule has 0 saturated heterocycles. The molecule has 2 atom stereocenters. The summed E-state index contributed by atoms with van der Waals surface area (Å²) in [5, 5.41) is 0. The Kier molecular flexibility index (Phi) is 5.92. The van der Waals surface area contributed by atoms with Crippen molar-refractivity contribution < 1.29 is 19.1 Å². The minimum atomic E-state index is -0.285. The number of hydrogen-bond acceptors (Lipinski definition) is 4. The van der Waals surface area contributed by atoms with E-state index in [2.05, 4.69) is 9.47 Å². The molecule has 82 valence electrons. The maximum Gasteiger partial charge on any atom is 0.308 e. The van der Waals surface area contributed by atoms with E-state index >= 15 is 0 Å². The average Bonchev–Trinajstić information content (AvgIpc) is 2.22. The van der Waals surface area contributed by atoms with Crippen LogP contribution >= 0.6 is 0 Å². The van der Waals surface area contributed by atoms with Gasteiger partial charge in [-0.2, -0.15) is 0 Å². The van der Waals surface area contributed by atoms with Crippen molar-refractivity contribution in [2.24, 2.45) is 11.8 Å². The molecule has 0 bridgehead atoms. The van der Waals surface area contributed by atoms with Crippen molar-refractivity contribution in [3.8, 4) is 0 Å². The molecule has 0 heterocycles. The molecule has 0 radical (unpaired) electrons. The highest BCUT2D eigenvalue weighted by atomic mass is 16.5. The lowest BCUT2D eigenvalue weighted by molar-refractivity contribution is -0.149. The summed E-state index contributed by atoms with van der Waals surface area (Å²) < 4.78 is 9.21. The van der Waals surface area contributed by atoms with E-state index in [4.69, 9.17) is 0 Å². The summed E-state index contributed by atoms with van der Waals surface area (Å²) in [4.78, 5) is 22.3. The molecule has 4 nitrogen and oxygen atoms in total. The minimum absolute atomic E-state index is 0.214. The fraction of sp³-hybridized carbons (Fsp3) is 0.800. The molecule has 0 saturated carbocycles. The highest BCUT2D eigenvalue weighted by Crippen LogP contribution is 2.17. The van der Waals surface area contributed by atoms with E-state index < -0.39 is 0 Å². The Morgan fingerprint density at radius 2 is 1.64 bits per heavy atom. The largest absolute Gasteiger partial charge is 0.469 e. The van der Waals surface area contributed by atoms with Crippen LogP contribution in [-0.4, -0.2) is 26.2 Å². The van der Waals surface area contributed by atoms with Crippen LogP contribution in [0.4, 0.5) is 0 Å². The average molecular weight is 202 g/mol. The number of carbonyl (C=O) groups is 2. The topological polar surface area (TPSA) is 52.6 Å². The molecule has 4 heteroatoms. The van der Waals surface area contributed by atoms with Crippen LogP contribution in [0.15, 0.2) is 0 Å². The van der Waals surface area contributed by atoms with Crippen molar-refractivity contribution >= 4 is 11.9 Å². The molecule has 0 amide bonds. The quantitative estimate of drug-likeness (QED) is 0.632. The van der Waals surface area contributed by atoms with E-state index in [1.54, 1.807) is 6.92 Å². The zero-order valence-electron chi connectivity index (χ0n) is 9.20. The lowest BCUT2D eigenvalue weighted by Gasteiger charge is -2.15. The van der Waals surface area contributed by atoms with E-state index in [-0.39, 0.29) is 23.8 Å². The fourth-order valence-corrected chi connectivity index (χ4v) is 1.32. The summed E-state index contributed by atoms with van der Waals surface area (Å²) in [6.07, 6.45) is 1.16. The van der Waals surface area contributed by atoms with Gasteiger partial charge in [0.1, 0.15) is 0 Å². The third-order valence-electron chi connectivity index (χ3n) is 2.27. The molecule has 0 aliphatic carbocycles. The second-order valence-corrected chi connectivity index (χ2v) is 3.29. The van der Waals surface area contributed by atoms with Gasteiger partial charge in [0.05, 0.1) is 26.1 Å². The van der Waals surface area contributed by atoms with Gasteiger partial charge in [-0.25, -0.2) is 0 Å². The number of rotatable bonds is 5. The number of carbonyl (C=O) groups excluding carboxylic acids is 2. The van der Waals surface area contributed by atoms with Crippen LogP contribution in [0, 0.1) is 11.8 Å². The van der Waals surface area contributed by atoms with Crippen LogP contribution in [0.25, 0.3) is 0 Å². The van der Waals surface area contributed by atoms with Gasteiger partial charge in [0.15, 0.2) is 0 Å². The summed E-state index contributed by atoms with van der Waals surface area (Å²) in [7, 11) is 2.70. The standard InChI is InChI=1S/C10H18O4/c1-5-8(10(12)14-4)6-7(2)9(11)13-3/h7-8H,5-6H2,1-4H3/t7-,8+/m0/s1. The molecule has 0 rings (SSSR count). The summed E-state index contributed by atoms with van der Waals surface area (Å²) in [5.74, 6) is -1.02. The van der Waals surface area contributed by atoms with E-state index in [9.17, 15) is 9.59 Å². The summed E-state index contributed by atoms with van der Waals surface area (Å²) in [6.45, 7) is 3.64. The Labute approximate surface area is 84.6 Å². The molecule has 0 fully saturated rings. The monoisotopic (exact) mass is 202 g/mol. The van der Waals surface area contributed by atoms with Crippen LogP contribution in [0.1, 0.15) is 26.7 Å². The van der Waals surface area contributed by atoms with Crippen molar-refractivity contribution in [1.29, 1.82) is 0 Å². The Balaban J connectivity index is 4.17. The predicted molar refractivity (Wildman–Crippen MR) is 51.6 cm³/mol. The molecular formula is C10H18O4.